The molecule has 0 atom stereocenters. The molecular formula is C13H9Cl3O2. The summed E-state index contributed by atoms with van der Waals surface area (Å²) in [5.74, 6) is 1.51. The van der Waals surface area contributed by atoms with Crippen LogP contribution in [0.15, 0.2) is 36.4 Å². The first-order valence-corrected chi connectivity index (χ1v) is 6.20. The Kier molecular flexibility index (Phi) is 4.23. The summed E-state index contributed by atoms with van der Waals surface area (Å²) >= 11 is 17.8. The van der Waals surface area contributed by atoms with Gasteiger partial charge in [-0.15, -0.1) is 0 Å². The van der Waals surface area contributed by atoms with E-state index in [2.05, 4.69) is 0 Å². The monoisotopic (exact) mass is 302 g/mol. The van der Waals surface area contributed by atoms with Gasteiger partial charge in [0.15, 0.2) is 11.5 Å². The van der Waals surface area contributed by atoms with Crippen LogP contribution in [0.2, 0.25) is 15.1 Å². The number of benzene rings is 2. The molecule has 18 heavy (non-hydrogen) atoms. The summed E-state index contributed by atoms with van der Waals surface area (Å²) in [6, 6.07) is 10.1. The first-order chi connectivity index (χ1) is 8.60. The normalized spacial score (nSPS) is 10.2. The van der Waals surface area contributed by atoms with E-state index in [1.54, 1.807) is 36.4 Å². The quantitative estimate of drug-likeness (QED) is 0.751. The predicted molar refractivity (Wildman–Crippen MR) is 74.5 cm³/mol. The maximum atomic E-state index is 6.02. The van der Waals surface area contributed by atoms with E-state index in [0.717, 1.165) is 0 Å². The van der Waals surface area contributed by atoms with E-state index in [1.807, 2.05) is 0 Å². The number of halogens is 3. The van der Waals surface area contributed by atoms with Gasteiger partial charge in [0.25, 0.3) is 0 Å². The molecule has 0 radical (unpaired) electrons. The van der Waals surface area contributed by atoms with Crippen LogP contribution in [-0.2, 0) is 0 Å². The van der Waals surface area contributed by atoms with Crippen LogP contribution < -0.4 is 9.47 Å². The zero-order valence-corrected chi connectivity index (χ0v) is 11.7. The van der Waals surface area contributed by atoms with Crippen LogP contribution in [0.4, 0.5) is 0 Å². The summed E-state index contributed by atoms with van der Waals surface area (Å²) < 4.78 is 10.8. The summed E-state index contributed by atoms with van der Waals surface area (Å²) in [6.07, 6.45) is 0. The van der Waals surface area contributed by atoms with Gasteiger partial charge >= 0.3 is 0 Å². The molecule has 0 aliphatic heterocycles. The Morgan fingerprint density at radius 1 is 0.778 bits per heavy atom. The number of rotatable bonds is 3. The first kappa shape index (κ1) is 13.3. The Morgan fingerprint density at radius 3 is 2.06 bits per heavy atom. The molecule has 0 heterocycles. The van der Waals surface area contributed by atoms with Crippen molar-refractivity contribution in [1.82, 2.24) is 0 Å². The maximum Gasteiger partial charge on any atom is 0.169 e. The summed E-state index contributed by atoms with van der Waals surface area (Å²) in [7, 11) is 1.54. The Labute approximate surface area is 120 Å². The Morgan fingerprint density at radius 2 is 1.39 bits per heavy atom. The smallest absolute Gasteiger partial charge is 0.169 e. The van der Waals surface area contributed by atoms with Gasteiger partial charge in [0.2, 0.25) is 0 Å². The van der Waals surface area contributed by atoms with E-state index in [0.29, 0.717) is 32.3 Å². The standard InChI is InChI=1S/C13H9Cl3O2/c1-17-13-7-9(15)3-5-11(13)18-12-6-8(14)2-4-10(12)16/h2-7H,1H3. The average molecular weight is 304 g/mol. The molecule has 2 aromatic rings. The number of methoxy groups -OCH3 is 1. The highest BCUT2D eigenvalue weighted by molar-refractivity contribution is 6.34. The Bertz CT molecular complexity index is 570. The lowest BCUT2D eigenvalue weighted by Crippen LogP contribution is -1.90. The fourth-order valence-electron chi connectivity index (χ4n) is 1.40. The fourth-order valence-corrected chi connectivity index (χ4v) is 1.88. The minimum atomic E-state index is 0.463. The van der Waals surface area contributed by atoms with Crippen molar-refractivity contribution < 1.29 is 9.47 Å². The predicted octanol–water partition coefficient (Wildman–Crippen LogP) is 5.45. The molecule has 0 spiro atoms. The molecule has 0 saturated heterocycles. The Balaban J connectivity index is 2.36. The molecule has 0 aromatic heterocycles. The van der Waals surface area contributed by atoms with Gasteiger partial charge in [-0.05, 0) is 24.3 Å². The number of hydrogen-bond donors (Lipinski definition) is 0. The zero-order chi connectivity index (χ0) is 13.1. The second-order valence-corrected chi connectivity index (χ2v) is 4.75. The molecule has 0 bridgehead atoms. The highest BCUT2D eigenvalue weighted by Gasteiger charge is 2.09. The van der Waals surface area contributed by atoms with Crippen molar-refractivity contribution in [3.63, 3.8) is 0 Å². The lowest BCUT2D eigenvalue weighted by Gasteiger charge is -2.11. The second-order valence-electron chi connectivity index (χ2n) is 3.47. The van der Waals surface area contributed by atoms with Crippen LogP contribution in [0, 0.1) is 0 Å². The minimum Gasteiger partial charge on any atom is -0.493 e. The van der Waals surface area contributed by atoms with Crippen LogP contribution in [-0.4, -0.2) is 7.11 Å². The third-order valence-electron chi connectivity index (χ3n) is 2.24. The number of ether oxygens (including phenoxy) is 2. The van der Waals surface area contributed by atoms with Crippen LogP contribution in [0.1, 0.15) is 0 Å². The van der Waals surface area contributed by atoms with Crippen molar-refractivity contribution >= 4 is 34.8 Å². The highest BCUT2D eigenvalue weighted by Crippen LogP contribution is 2.37. The Hall–Kier alpha value is -1.09. The topological polar surface area (TPSA) is 18.5 Å². The van der Waals surface area contributed by atoms with Gasteiger partial charge in [-0.25, -0.2) is 0 Å². The zero-order valence-electron chi connectivity index (χ0n) is 9.41. The summed E-state index contributed by atoms with van der Waals surface area (Å²) in [5.41, 5.74) is 0. The van der Waals surface area contributed by atoms with Crippen LogP contribution in [0.3, 0.4) is 0 Å². The van der Waals surface area contributed by atoms with Crippen molar-refractivity contribution in [3.8, 4) is 17.2 Å². The van der Waals surface area contributed by atoms with Crippen LogP contribution in [0.5, 0.6) is 17.2 Å². The van der Waals surface area contributed by atoms with Crippen molar-refractivity contribution in [2.24, 2.45) is 0 Å². The molecule has 0 aliphatic carbocycles. The third kappa shape index (κ3) is 3.02. The lowest BCUT2D eigenvalue weighted by molar-refractivity contribution is 0.379. The minimum absolute atomic E-state index is 0.463. The van der Waals surface area contributed by atoms with E-state index >= 15 is 0 Å². The van der Waals surface area contributed by atoms with Gasteiger partial charge in [0, 0.05) is 22.2 Å². The van der Waals surface area contributed by atoms with E-state index < -0.39 is 0 Å². The molecule has 0 N–H and O–H groups in total. The van der Waals surface area contributed by atoms with Gasteiger partial charge in [0.05, 0.1) is 12.1 Å². The first-order valence-electron chi connectivity index (χ1n) is 5.06. The van der Waals surface area contributed by atoms with Crippen molar-refractivity contribution in [2.75, 3.05) is 7.11 Å². The SMILES string of the molecule is COc1cc(Cl)ccc1Oc1cc(Cl)ccc1Cl. The second kappa shape index (κ2) is 5.70. The van der Waals surface area contributed by atoms with E-state index in [1.165, 1.54) is 7.11 Å². The molecule has 0 amide bonds. The van der Waals surface area contributed by atoms with E-state index in [-0.39, 0.29) is 0 Å². The van der Waals surface area contributed by atoms with E-state index in [9.17, 15) is 0 Å². The van der Waals surface area contributed by atoms with Crippen molar-refractivity contribution in [3.05, 3.63) is 51.5 Å². The molecule has 2 nitrogen and oxygen atoms in total. The molecular weight excluding hydrogens is 294 g/mol. The van der Waals surface area contributed by atoms with Crippen LogP contribution >= 0.6 is 34.8 Å². The van der Waals surface area contributed by atoms with Gasteiger partial charge in [-0.1, -0.05) is 34.8 Å². The maximum absolute atomic E-state index is 6.02. The summed E-state index contributed by atoms with van der Waals surface area (Å²) in [4.78, 5) is 0. The molecule has 2 aromatic carbocycles. The molecule has 0 aliphatic rings. The largest absolute Gasteiger partial charge is 0.493 e. The highest BCUT2D eigenvalue weighted by atomic mass is 35.5. The average Bonchev–Trinajstić information content (AvgIpc) is 2.36. The summed E-state index contributed by atoms with van der Waals surface area (Å²) in [5, 5.41) is 1.58. The van der Waals surface area contributed by atoms with Gasteiger partial charge < -0.3 is 9.47 Å². The van der Waals surface area contributed by atoms with Gasteiger partial charge in [0.1, 0.15) is 5.75 Å². The lowest BCUT2D eigenvalue weighted by atomic mass is 10.3. The summed E-state index contributed by atoms with van der Waals surface area (Å²) in [6.45, 7) is 0. The molecule has 0 unspecified atom stereocenters. The molecule has 94 valence electrons. The fraction of sp³-hybridized carbons (Fsp3) is 0.0769. The van der Waals surface area contributed by atoms with Crippen molar-refractivity contribution in [2.45, 2.75) is 0 Å². The number of hydrogen-bond acceptors (Lipinski definition) is 2. The molecule has 0 fully saturated rings. The van der Waals surface area contributed by atoms with E-state index in [4.69, 9.17) is 44.3 Å². The molecule has 0 saturated carbocycles. The molecule has 5 heteroatoms. The van der Waals surface area contributed by atoms with Crippen LogP contribution in [0.25, 0.3) is 0 Å². The van der Waals surface area contributed by atoms with Gasteiger partial charge in [-0.3, -0.25) is 0 Å². The van der Waals surface area contributed by atoms with Gasteiger partial charge in [-0.2, -0.15) is 0 Å². The molecule has 2 rings (SSSR count). The third-order valence-corrected chi connectivity index (χ3v) is 3.02. The van der Waals surface area contributed by atoms with Crippen molar-refractivity contribution in [1.29, 1.82) is 0 Å².